The highest BCUT2D eigenvalue weighted by Crippen LogP contribution is 2.35. The van der Waals surface area contributed by atoms with Gasteiger partial charge in [-0.25, -0.2) is 4.79 Å². The van der Waals surface area contributed by atoms with Gasteiger partial charge in [0, 0.05) is 11.9 Å². The fraction of sp³-hybridized carbons (Fsp3) is 0.579. The highest BCUT2D eigenvalue weighted by molar-refractivity contribution is 5.82. The van der Waals surface area contributed by atoms with E-state index in [1.165, 1.54) is 0 Å². The van der Waals surface area contributed by atoms with Gasteiger partial charge in [0.05, 0.1) is 43.6 Å². The third kappa shape index (κ3) is 3.17. The van der Waals surface area contributed by atoms with E-state index < -0.39 is 5.60 Å². The zero-order valence-corrected chi connectivity index (χ0v) is 15.5. The van der Waals surface area contributed by atoms with E-state index in [1.807, 2.05) is 43.7 Å². The molecule has 26 heavy (non-hydrogen) atoms. The SMILES string of the molecule is CC(C)(C)OC(=O)N1CCOCC1C1OCCn2nc3ccccc3c21. The number of hydrogen-bond acceptors (Lipinski definition) is 5. The number of carbonyl (C=O) groups is 1. The lowest BCUT2D eigenvalue weighted by atomic mass is 10.0. The van der Waals surface area contributed by atoms with Crippen molar-refractivity contribution in [3.8, 4) is 0 Å². The van der Waals surface area contributed by atoms with Gasteiger partial charge < -0.3 is 14.2 Å². The molecule has 140 valence electrons. The Morgan fingerprint density at radius 1 is 1.23 bits per heavy atom. The monoisotopic (exact) mass is 359 g/mol. The molecule has 1 aromatic heterocycles. The van der Waals surface area contributed by atoms with Gasteiger partial charge in [-0.15, -0.1) is 0 Å². The molecule has 2 aliphatic heterocycles. The van der Waals surface area contributed by atoms with Gasteiger partial charge in [0.1, 0.15) is 11.7 Å². The molecule has 0 saturated carbocycles. The van der Waals surface area contributed by atoms with Crippen molar-refractivity contribution in [2.45, 2.75) is 45.1 Å². The van der Waals surface area contributed by atoms with Crippen LogP contribution in [0.15, 0.2) is 24.3 Å². The summed E-state index contributed by atoms with van der Waals surface area (Å²) in [7, 11) is 0. The molecule has 0 radical (unpaired) electrons. The normalized spacial score (nSPS) is 23.7. The Bertz CT molecular complexity index is 811. The number of amides is 1. The smallest absolute Gasteiger partial charge is 0.410 e. The largest absolute Gasteiger partial charge is 0.444 e. The zero-order valence-electron chi connectivity index (χ0n) is 15.5. The summed E-state index contributed by atoms with van der Waals surface area (Å²) in [5.74, 6) is 0. The molecule has 7 nitrogen and oxygen atoms in total. The number of hydrogen-bond donors (Lipinski definition) is 0. The Balaban J connectivity index is 1.69. The standard InChI is InChI=1S/C19H25N3O4/c1-19(2,3)26-18(23)21-8-10-24-12-15(21)17-16-13-6-4-5-7-14(13)20-22(16)9-11-25-17/h4-7,15,17H,8-12H2,1-3H3. The molecule has 3 heterocycles. The Kier molecular flexibility index (Phi) is 4.36. The van der Waals surface area contributed by atoms with Crippen LogP contribution in [0.3, 0.4) is 0 Å². The third-order valence-corrected chi connectivity index (χ3v) is 4.70. The van der Waals surface area contributed by atoms with E-state index in [4.69, 9.17) is 14.2 Å². The summed E-state index contributed by atoms with van der Waals surface area (Å²) < 4.78 is 19.4. The quantitative estimate of drug-likeness (QED) is 0.783. The Morgan fingerprint density at radius 3 is 2.85 bits per heavy atom. The van der Waals surface area contributed by atoms with E-state index in [0.29, 0.717) is 32.9 Å². The highest BCUT2D eigenvalue weighted by atomic mass is 16.6. The topological polar surface area (TPSA) is 65.8 Å². The van der Waals surface area contributed by atoms with Gasteiger partial charge in [0.2, 0.25) is 0 Å². The molecule has 4 rings (SSSR count). The van der Waals surface area contributed by atoms with Gasteiger partial charge in [-0.3, -0.25) is 9.58 Å². The number of fused-ring (bicyclic) bond motifs is 3. The molecule has 0 N–H and O–H groups in total. The van der Waals surface area contributed by atoms with Crippen molar-refractivity contribution in [3.05, 3.63) is 30.0 Å². The van der Waals surface area contributed by atoms with Crippen LogP contribution in [-0.4, -0.2) is 58.8 Å². The van der Waals surface area contributed by atoms with Crippen LogP contribution < -0.4 is 0 Å². The molecule has 2 aliphatic rings. The number of morpholine rings is 1. The van der Waals surface area contributed by atoms with Gasteiger partial charge in [-0.1, -0.05) is 18.2 Å². The van der Waals surface area contributed by atoms with E-state index in [9.17, 15) is 4.79 Å². The van der Waals surface area contributed by atoms with Crippen molar-refractivity contribution in [1.29, 1.82) is 0 Å². The van der Waals surface area contributed by atoms with Crippen molar-refractivity contribution in [2.24, 2.45) is 0 Å². The molecule has 1 aromatic carbocycles. The van der Waals surface area contributed by atoms with Gasteiger partial charge in [0.25, 0.3) is 0 Å². The predicted octanol–water partition coefficient (Wildman–Crippen LogP) is 2.74. The van der Waals surface area contributed by atoms with Crippen LogP contribution >= 0.6 is 0 Å². The van der Waals surface area contributed by atoms with Gasteiger partial charge in [-0.05, 0) is 26.8 Å². The fourth-order valence-electron chi connectivity index (χ4n) is 3.63. The van der Waals surface area contributed by atoms with E-state index >= 15 is 0 Å². The molecule has 0 spiro atoms. The van der Waals surface area contributed by atoms with Gasteiger partial charge in [0.15, 0.2) is 0 Å². The van der Waals surface area contributed by atoms with Gasteiger partial charge in [-0.2, -0.15) is 5.10 Å². The van der Waals surface area contributed by atoms with Crippen molar-refractivity contribution in [3.63, 3.8) is 0 Å². The first-order valence-corrected chi connectivity index (χ1v) is 9.08. The second-order valence-electron chi connectivity index (χ2n) is 7.73. The molecule has 1 fully saturated rings. The number of nitrogens with zero attached hydrogens (tertiary/aromatic N) is 3. The number of benzene rings is 1. The van der Waals surface area contributed by atoms with Crippen LogP contribution in [0.25, 0.3) is 10.9 Å². The summed E-state index contributed by atoms with van der Waals surface area (Å²) in [6, 6.07) is 7.80. The maximum atomic E-state index is 12.8. The van der Waals surface area contributed by atoms with Crippen molar-refractivity contribution >= 4 is 17.0 Å². The molecule has 2 unspecified atom stereocenters. The second-order valence-corrected chi connectivity index (χ2v) is 7.73. The molecule has 2 atom stereocenters. The molecule has 1 saturated heterocycles. The summed E-state index contributed by atoms with van der Waals surface area (Å²) >= 11 is 0. The predicted molar refractivity (Wildman–Crippen MR) is 96.0 cm³/mol. The zero-order chi connectivity index (χ0) is 18.3. The summed E-state index contributed by atoms with van der Waals surface area (Å²) in [6.07, 6.45) is -0.612. The first-order valence-electron chi connectivity index (χ1n) is 9.08. The summed E-state index contributed by atoms with van der Waals surface area (Å²) in [6.45, 7) is 8.31. The van der Waals surface area contributed by atoms with Crippen molar-refractivity contribution in [1.82, 2.24) is 14.7 Å². The minimum atomic E-state index is -0.540. The Hall–Kier alpha value is -2.12. The van der Waals surface area contributed by atoms with E-state index in [-0.39, 0.29) is 18.2 Å². The molecule has 2 aromatic rings. The summed E-state index contributed by atoms with van der Waals surface area (Å²) in [5, 5.41) is 5.75. The molecule has 1 amide bonds. The summed E-state index contributed by atoms with van der Waals surface area (Å²) in [4.78, 5) is 14.5. The van der Waals surface area contributed by atoms with Crippen LogP contribution in [0.1, 0.15) is 32.6 Å². The third-order valence-electron chi connectivity index (χ3n) is 4.70. The maximum absolute atomic E-state index is 12.8. The molecular weight excluding hydrogens is 334 g/mol. The lowest BCUT2D eigenvalue weighted by Gasteiger charge is -2.41. The summed E-state index contributed by atoms with van der Waals surface area (Å²) in [5.41, 5.74) is 1.41. The van der Waals surface area contributed by atoms with Gasteiger partial charge >= 0.3 is 6.09 Å². The Morgan fingerprint density at radius 2 is 2.04 bits per heavy atom. The highest BCUT2D eigenvalue weighted by Gasteiger charge is 2.40. The first-order chi connectivity index (χ1) is 12.4. The minimum Gasteiger partial charge on any atom is -0.444 e. The van der Waals surface area contributed by atoms with Crippen molar-refractivity contribution in [2.75, 3.05) is 26.4 Å². The average molecular weight is 359 g/mol. The number of aromatic nitrogens is 2. The molecule has 7 heteroatoms. The lowest BCUT2D eigenvalue weighted by Crippen LogP contribution is -2.54. The average Bonchev–Trinajstić information content (AvgIpc) is 2.99. The van der Waals surface area contributed by atoms with Crippen molar-refractivity contribution < 1.29 is 19.0 Å². The Labute approximate surface area is 152 Å². The van der Waals surface area contributed by atoms with E-state index in [1.54, 1.807) is 4.90 Å². The van der Waals surface area contributed by atoms with Crippen LogP contribution in [0, 0.1) is 0 Å². The van der Waals surface area contributed by atoms with Crippen LogP contribution in [0.2, 0.25) is 0 Å². The van der Waals surface area contributed by atoms with Crippen LogP contribution in [0.5, 0.6) is 0 Å². The lowest BCUT2D eigenvalue weighted by molar-refractivity contribution is -0.0977. The van der Waals surface area contributed by atoms with E-state index in [0.717, 1.165) is 16.6 Å². The number of ether oxygens (including phenoxy) is 3. The molecular formula is C19H25N3O4. The van der Waals surface area contributed by atoms with E-state index in [2.05, 4.69) is 11.2 Å². The number of carbonyl (C=O) groups excluding carboxylic acids is 1. The minimum absolute atomic E-state index is 0.238. The second kappa shape index (κ2) is 6.55. The van der Waals surface area contributed by atoms with Crippen LogP contribution in [-0.2, 0) is 20.8 Å². The fourth-order valence-corrected chi connectivity index (χ4v) is 3.63. The molecule has 0 bridgehead atoms. The molecule has 0 aliphatic carbocycles. The maximum Gasteiger partial charge on any atom is 0.410 e. The number of rotatable bonds is 1. The van der Waals surface area contributed by atoms with Crippen LogP contribution in [0.4, 0.5) is 4.79 Å². The first kappa shape index (κ1) is 17.3.